The van der Waals surface area contributed by atoms with Crippen molar-refractivity contribution in [3.63, 3.8) is 0 Å². The first-order valence-corrected chi connectivity index (χ1v) is 25.6. The van der Waals surface area contributed by atoms with Crippen LogP contribution >= 0.6 is 11.3 Å². The second-order valence-corrected chi connectivity index (χ2v) is 21.3. The summed E-state index contributed by atoms with van der Waals surface area (Å²) in [5.74, 6) is -3.68. The molecule has 1 fully saturated rings. The number of carbonyl (C=O) groups is 5. The molecule has 5 amide bonds. The van der Waals surface area contributed by atoms with E-state index in [1.165, 1.54) is 84.0 Å². The summed E-state index contributed by atoms with van der Waals surface area (Å²) in [6, 6.07) is 18.5. The Bertz CT molecular complexity index is 3110. The first kappa shape index (κ1) is 53.0. The molecular weight excluding hydrogens is 982 g/mol. The van der Waals surface area contributed by atoms with Crippen LogP contribution in [-0.4, -0.2) is 105 Å². The molecule has 1 aliphatic heterocycles. The van der Waals surface area contributed by atoms with Gasteiger partial charge in [0.05, 0.1) is 51.4 Å². The normalized spacial score (nSPS) is 15.5. The molecule has 0 bridgehead atoms. The van der Waals surface area contributed by atoms with Crippen LogP contribution in [0.1, 0.15) is 84.7 Å². The number of sulfonamides is 1. The van der Waals surface area contributed by atoms with E-state index >= 15 is 0 Å². The molecule has 3 aromatic heterocycles. The predicted molar refractivity (Wildman–Crippen MR) is 273 cm³/mol. The zero-order valence-electron chi connectivity index (χ0n) is 40.8. The summed E-state index contributed by atoms with van der Waals surface area (Å²) in [6.07, 6.45) is -0.384. The number of β-amino-alcohol motifs (C(OH)–C–C–N with tert-alkyl or cyclic N) is 1. The van der Waals surface area contributed by atoms with Crippen LogP contribution in [0.2, 0.25) is 0 Å². The van der Waals surface area contributed by atoms with Gasteiger partial charge >= 0.3 is 0 Å². The number of likely N-dealkylation sites (tertiary alicyclic amines) is 1. The number of hydrogen-bond acceptors (Lipinski definition) is 14. The van der Waals surface area contributed by atoms with E-state index in [4.69, 9.17) is 10.5 Å². The molecule has 384 valence electrons. The molecule has 23 heteroatoms. The first-order valence-electron chi connectivity index (χ1n) is 23.1. The molecule has 0 spiro atoms. The number of carbonyl (C=O) groups excluding carboxylic acids is 5. The fourth-order valence-electron chi connectivity index (χ4n) is 7.95. The minimum absolute atomic E-state index is 0.0144. The third kappa shape index (κ3) is 13.0. The van der Waals surface area contributed by atoms with Gasteiger partial charge in [-0.25, -0.2) is 22.8 Å². The highest BCUT2D eigenvalue weighted by Crippen LogP contribution is 2.37. The maximum Gasteiger partial charge on any atom is 0.254 e. The zero-order chi connectivity index (χ0) is 52.8. The summed E-state index contributed by atoms with van der Waals surface area (Å²) in [7, 11) is -3.74. The highest BCUT2D eigenvalue weighted by Gasteiger charge is 2.44. The van der Waals surface area contributed by atoms with E-state index in [1.807, 2.05) is 31.2 Å². The van der Waals surface area contributed by atoms with Crippen LogP contribution in [0, 0.1) is 18.2 Å². The lowest BCUT2D eigenvalue weighted by molar-refractivity contribution is -0.143. The number of H-pyrrole nitrogens is 1. The number of aromatic nitrogens is 4. The maximum absolute atomic E-state index is 14.1. The summed E-state index contributed by atoms with van der Waals surface area (Å²) in [5.41, 5.74) is 10.8. The lowest BCUT2D eigenvalue weighted by atomic mass is 9.85. The standard InChI is InChI=1S/C50H56FN11O9S2/c1-7-73(69,70)61-36-18-14-32(20-38(36)71-28(3)30-12-16-34(51)17-13-30)42-41(45(52)65)46(60-59-42)57-39-19-15-33(23-53-39)47(66)55-24-40(64)58-44(50(4,5)6)49(68)62-25-35(63)21-37(62)48(67)54-22-29-8-10-31(11-9-29)43-27(2)56-26-72-43/h8-20,23,26,28,35,37,44,61,63H,7,21-22,24-25H2,1-6H3,(H2,52,65)(H,54,67)(H,55,66)(H,58,64)(H2,53,57,59,60)/t28-,35+,37-,44+/m0/s1. The number of hydrogen-bond donors (Lipinski definition) is 8. The molecule has 1 saturated heterocycles. The molecular formula is C50H56FN11O9S2. The Kier molecular flexibility index (Phi) is 16.2. The Balaban J connectivity index is 0.967. The number of aryl methyl sites for hydroxylation is 1. The largest absolute Gasteiger partial charge is 0.484 e. The van der Waals surface area contributed by atoms with Crippen LogP contribution in [0.5, 0.6) is 5.75 Å². The molecule has 4 atom stereocenters. The Hall–Kier alpha value is -7.76. The molecule has 0 aliphatic carbocycles. The molecule has 0 saturated carbocycles. The Labute approximate surface area is 424 Å². The summed E-state index contributed by atoms with van der Waals surface area (Å²) in [5, 5.41) is 28.7. The van der Waals surface area contributed by atoms with Crippen molar-refractivity contribution in [2.45, 2.75) is 78.8 Å². The molecule has 20 nitrogen and oxygen atoms in total. The van der Waals surface area contributed by atoms with Gasteiger partial charge in [-0.1, -0.05) is 63.2 Å². The Morgan fingerprint density at radius 3 is 2.33 bits per heavy atom. The second kappa shape index (κ2) is 22.3. The SMILES string of the molecule is CCS(=O)(=O)Nc1ccc(-c2[nH]nc(Nc3ccc(C(=O)NCC(=O)N[C@H](C(=O)N4C[C@H](O)C[C@H]4C(=O)NCc4ccc(-c5scnc5C)cc4)C(C)(C)C)cn3)c2C(N)=O)cc1O[C@@H](C)c1ccc(F)cc1. The third-order valence-corrected chi connectivity index (χ3v) is 14.2. The molecule has 9 N–H and O–H groups in total. The fourth-order valence-corrected chi connectivity index (χ4v) is 9.41. The second-order valence-electron chi connectivity index (χ2n) is 18.4. The fraction of sp³-hybridized carbons (Fsp3) is 0.320. The quantitative estimate of drug-likeness (QED) is 0.0510. The van der Waals surface area contributed by atoms with Crippen molar-refractivity contribution < 1.29 is 46.6 Å². The van der Waals surface area contributed by atoms with E-state index in [0.29, 0.717) is 11.1 Å². The van der Waals surface area contributed by atoms with E-state index in [1.54, 1.807) is 33.2 Å². The number of halogens is 1. The van der Waals surface area contributed by atoms with E-state index in [2.05, 4.69) is 46.2 Å². The van der Waals surface area contributed by atoms with Crippen molar-refractivity contribution in [1.82, 2.24) is 41.0 Å². The maximum atomic E-state index is 14.1. The van der Waals surface area contributed by atoms with Gasteiger partial charge in [0, 0.05) is 31.3 Å². The average molecular weight is 1040 g/mol. The number of primary amides is 1. The van der Waals surface area contributed by atoms with Gasteiger partial charge in [-0.05, 0) is 79.3 Å². The van der Waals surface area contributed by atoms with E-state index in [0.717, 1.165) is 21.7 Å². The number of aromatic amines is 1. The lowest BCUT2D eigenvalue weighted by Gasteiger charge is -2.35. The zero-order valence-corrected chi connectivity index (χ0v) is 42.4. The van der Waals surface area contributed by atoms with Crippen molar-refractivity contribution in [3.05, 3.63) is 124 Å². The van der Waals surface area contributed by atoms with Gasteiger partial charge in [0.25, 0.3) is 11.8 Å². The number of thiazole rings is 1. The topological polar surface area (TPSA) is 293 Å². The number of pyridine rings is 1. The first-order chi connectivity index (χ1) is 34.6. The van der Waals surface area contributed by atoms with Gasteiger partial charge in [-0.2, -0.15) is 5.10 Å². The van der Waals surface area contributed by atoms with Crippen LogP contribution in [0.4, 0.5) is 21.7 Å². The summed E-state index contributed by atoms with van der Waals surface area (Å²) in [4.78, 5) is 78.0. The third-order valence-electron chi connectivity index (χ3n) is 12.0. The highest BCUT2D eigenvalue weighted by atomic mass is 32.2. The minimum Gasteiger partial charge on any atom is -0.484 e. The molecule has 3 aromatic carbocycles. The number of anilines is 3. The number of nitrogens with two attached hydrogens (primary N) is 1. The number of aliphatic hydroxyl groups is 1. The summed E-state index contributed by atoms with van der Waals surface area (Å²) < 4.78 is 47.4. The van der Waals surface area contributed by atoms with E-state index in [-0.39, 0.29) is 65.2 Å². The molecule has 0 unspecified atom stereocenters. The number of ether oxygens (including phenoxy) is 1. The number of benzene rings is 3. The molecule has 6 aromatic rings. The smallest absolute Gasteiger partial charge is 0.254 e. The minimum atomic E-state index is -3.74. The average Bonchev–Trinajstić information content (AvgIpc) is 4.10. The molecule has 0 radical (unpaired) electrons. The molecule has 7 rings (SSSR count). The van der Waals surface area contributed by atoms with Gasteiger partial charge in [-0.15, -0.1) is 11.3 Å². The number of nitrogens with zero attached hydrogens (tertiary/aromatic N) is 4. The summed E-state index contributed by atoms with van der Waals surface area (Å²) >= 11 is 1.54. The van der Waals surface area contributed by atoms with Gasteiger partial charge in [-0.3, -0.25) is 33.8 Å². The van der Waals surface area contributed by atoms with E-state index in [9.17, 15) is 41.9 Å². The van der Waals surface area contributed by atoms with Gasteiger partial charge in [0.2, 0.25) is 27.7 Å². The monoisotopic (exact) mass is 1040 g/mol. The van der Waals surface area contributed by atoms with E-state index < -0.39 is 81.6 Å². The van der Waals surface area contributed by atoms with Gasteiger partial charge in [0.15, 0.2) is 5.82 Å². The van der Waals surface area contributed by atoms with Crippen LogP contribution in [0.25, 0.3) is 21.7 Å². The van der Waals surface area contributed by atoms with Crippen LogP contribution in [0.3, 0.4) is 0 Å². The van der Waals surface area contributed by atoms with Crippen molar-refractivity contribution in [1.29, 1.82) is 0 Å². The van der Waals surface area contributed by atoms with Crippen molar-refractivity contribution in [2.75, 3.05) is 28.9 Å². The van der Waals surface area contributed by atoms with Gasteiger partial charge in [0.1, 0.15) is 41.1 Å². The van der Waals surface area contributed by atoms with Gasteiger partial charge < -0.3 is 41.7 Å². The number of aliphatic hydroxyl groups excluding tert-OH is 1. The van der Waals surface area contributed by atoms with Crippen LogP contribution in [0.15, 0.2) is 90.6 Å². The highest BCUT2D eigenvalue weighted by molar-refractivity contribution is 7.92. The Morgan fingerprint density at radius 2 is 1.70 bits per heavy atom. The number of amides is 5. The Morgan fingerprint density at radius 1 is 0.986 bits per heavy atom. The molecule has 1 aliphatic rings. The van der Waals surface area contributed by atoms with Crippen LogP contribution < -0.4 is 36.5 Å². The molecule has 73 heavy (non-hydrogen) atoms. The molecule has 4 heterocycles. The number of rotatable bonds is 19. The van der Waals surface area contributed by atoms with Crippen molar-refractivity contribution in [2.24, 2.45) is 11.1 Å². The van der Waals surface area contributed by atoms with Crippen LogP contribution in [-0.2, 0) is 31.0 Å². The summed E-state index contributed by atoms with van der Waals surface area (Å²) in [6.45, 7) is 9.91. The predicted octanol–water partition coefficient (Wildman–Crippen LogP) is 5.33. The lowest BCUT2D eigenvalue weighted by Crippen LogP contribution is -2.58. The number of nitrogens with one attached hydrogen (secondary N) is 6. The van der Waals surface area contributed by atoms with Crippen molar-refractivity contribution >= 4 is 68.2 Å². The van der Waals surface area contributed by atoms with Crippen molar-refractivity contribution in [3.8, 4) is 27.4 Å².